The minimum absolute atomic E-state index is 0.00657. The quantitative estimate of drug-likeness (QED) is 0.636. The van der Waals surface area contributed by atoms with E-state index in [9.17, 15) is 19.5 Å². The molecule has 1 aliphatic heterocycles. The number of urea groups is 1. The van der Waals surface area contributed by atoms with Crippen LogP contribution in [0.1, 0.15) is 39.5 Å². The van der Waals surface area contributed by atoms with Gasteiger partial charge in [0.25, 0.3) is 0 Å². The van der Waals surface area contributed by atoms with Crippen LogP contribution in [0.5, 0.6) is 0 Å². The molecule has 2 fully saturated rings. The van der Waals surface area contributed by atoms with E-state index >= 15 is 0 Å². The minimum atomic E-state index is -0.772. The van der Waals surface area contributed by atoms with E-state index in [2.05, 4.69) is 10.6 Å². The molecular weight excluding hydrogens is 298 g/mol. The number of carboxylic acid groups (broad SMARTS) is 1. The van der Waals surface area contributed by atoms with Crippen molar-refractivity contribution in [2.24, 2.45) is 17.3 Å². The molecule has 0 aromatic rings. The summed E-state index contributed by atoms with van der Waals surface area (Å²) >= 11 is 0. The number of aliphatic carboxylic acids is 1. The Morgan fingerprint density at radius 3 is 2.57 bits per heavy atom. The van der Waals surface area contributed by atoms with Crippen molar-refractivity contribution in [1.82, 2.24) is 15.5 Å². The van der Waals surface area contributed by atoms with Crippen molar-refractivity contribution in [3.63, 3.8) is 0 Å². The van der Waals surface area contributed by atoms with Crippen molar-refractivity contribution < 1.29 is 19.5 Å². The largest absolute Gasteiger partial charge is 0.481 e. The number of nitrogens with zero attached hydrogens (tertiary/aromatic N) is 1. The number of amides is 3. The molecule has 1 saturated heterocycles. The summed E-state index contributed by atoms with van der Waals surface area (Å²) in [4.78, 5) is 36.8. The topological polar surface area (TPSA) is 98.7 Å². The van der Waals surface area contributed by atoms with Crippen LogP contribution in [0.15, 0.2) is 0 Å². The molecule has 130 valence electrons. The molecule has 1 heterocycles. The normalized spacial score (nSPS) is 26.2. The Kier molecular flexibility index (Phi) is 5.49. The van der Waals surface area contributed by atoms with Crippen molar-refractivity contribution in [2.75, 3.05) is 26.2 Å². The van der Waals surface area contributed by atoms with Crippen LogP contribution in [-0.4, -0.2) is 54.1 Å². The first-order valence-electron chi connectivity index (χ1n) is 8.40. The number of hydrogen-bond donors (Lipinski definition) is 3. The third-order valence-corrected chi connectivity index (χ3v) is 5.04. The van der Waals surface area contributed by atoms with Crippen LogP contribution in [0.25, 0.3) is 0 Å². The lowest BCUT2D eigenvalue weighted by Gasteiger charge is -2.23. The lowest BCUT2D eigenvalue weighted by atomic mass is 9.81. The Morgan fingerprint density at radius 2 is 1.96 bits per heavy atom. The smallest absolute Gasteiger partial charge is 0.317 e. The number of hydrogen-bond acceptors (Lipinski definition) is 3. The van der Waals surface area contributed by atoms with Gasteiger partial charge in [-0.25, -0.2) is 4.79 Å². The fourth-order valence-electron chi connectivity index (χ4n) is 3.60. The first kappa shape index (κ1) is 17.6. The summed E-state index contributed by atoms with van der Waals surface area (Å²) < 4.78 is 0. The van der Waals surface area contributed by atoms with Crippen LogP contribution in [0, 0.1) is 17.3 Å². The first-order chi connectivity index (χ1) is 10.9. The summed E-state index contributed by atoms with van der Waals surface area (Å²) in [6, 6.07) is -0.199. The van der Waals surface area contributed by atoms with Crippen LogP contribution in [0.3, 0.4) is 0 Å². The SMILES string of the molecule is CC(C)C(=O)NCCCNC(=O)N1C[C@@H]2CCC[C@@]2(C(=O)O)C1. The first-order valence-corrected chi connectivity index (χ1v) is 8.40. The molecule has 3 N–H and O–H groups in total. The standard InChI is InChI=1S/C16H27N3O4/c1-11(2)13(20)17-7-4-8-18-15(23)19-9-12-5-3-6-16(12,10-19)14(21)22/h11-12H,3-10H2,1-2H3,(H,17,20)(H,18,23)(H,21,22)/t12-,16+/m0/s1. The second-order valence-corrected chi connectivity index (χ2v) is 6.96. The van der Waals surface area contributed by atoms with Gasteiger partial charge in [-0.3, -0.25) is 9.59 Å². The maximum atomic E-state index is 12.2. The van der Waals surface area contributed by atoms with Gasteiger partial charge in [0.2, 0.25) is 5.91 Å². The van der Waals surface area contributed by atoms with Crippen molar-refractivity contribution >= 4 is 17.9 Å². The summed E-state index contributed by atoms with van der Waals surface area (Å²) in [5, 5.41) is 15.1. The van der Waals surface area contributed by atoms with Crippen LogP contribution in [0.4, 0.5) is 4.79 Å². The highest BCUT2D eigenvalue weighted by Gasteiger charge is 2.55. The highest BCUT2D eigenvalue weighted by atomic mass is 16.4. The van der Waals surface area contributed by atoms with Gasteiger partial charge in [0.1, 0.15) is 0 Å². The van der Waals surface area contributed by atoms with Crippen molar-refractivity contribution in [1.29, 1.82) is 0 Å². The van der Waals surface area contributed by atoms with E-state index in [1.54, 1.807) is 4.90 Å². The fourth-order valence-corrected chi connectivity index (χ4v) is 3.60. The zero-order valence-electron chi connectivity index (χ0n) is 13.9. The van der Waals surface area contributed by atoms with Gasteiger partial charge in [0, 0.05) is 32.1 Å². The van der Waals surface area contributed by atoms with E-state index in [0.717, 1.165) is 12.8 Å². The Morgan fingerprint density at radius 1 is 1.26 bits per heavy atom. The van der Waals surface area contributed by atoms with E-state index in [1.165, 1.54) is 0 Å². The van der Waals surface area contributed by atoms with Gasteiger partial charge in [-0.05, 0) is 25.2 Å². The molecule has 7 heteroatoms. The lowest BCUT2D eigenvalue weighted by molar-refractivity contribution is -0.149. The zero-order chi connectivity index (χ0) is 17.0. The molecule has 0 radical (unpaired) electrons. The molecule has 0 unspecified atom stereocenters. The van der Waals surface area contributed by atoms with E-state index in [1.807, 2.05) is 13.8 Å². The molecule has 23 heavy (non-hydrogen) atoms. The molecular formula is C16H27N3O4. The van der Waals surface area contributed by atoms with E-state index in [4.69, 9.17) is 0 Å². The Bertz CT molecular complexity index is 480. The monoisotopic (exact) mass is 325 g/mol. The number of carbonyl (C=O) groups is 3. The molecule has 3 amide bonds. The van der Waals surface area contributed by atoms with Crippen LogP contribution < -0.4 is 10.6 Å². The molecule has 0 aromatic carbocycles. The van der Waals surface area contributed by atoms with Gasteiger partial charge in [0.15, 0.2) is 0 Å². The molecule has 1 saturated carbocycles. The number of nitrogens with one attached hydrogen (secondary N) is 2. The predicted molar refractivity (Wildman–Crippen MR) is 84.8 cm³/mol. The number of carbonyl (C=O) groups excluding carboxylic acids is 2. The van der Waals surface area contributed by atoms with Gasteiger partial charge >= 0.3 is 12.0 Å². The number of fused-ring (bicyclic) bond motifs is 1. The fraction of sp³-hybridized carbons (Fsp3) is 0.812. The van der Waals surface area contributed by atoms with Crippen LogP contribution in [0.2, 0.25) is 0 Å². The molecule has 0 spiro atoms. The maximum Gasteiger partial charge on any atom is 0.317 e. The van der Waals surface area contributed by atoms with Crippen molar-refractivity contribution in [2.45, 2.75) is 39.5 Å². The molecule has 2 aliphatic rings. The summed E-state index contributed by atoms with van der Waals surface area (Å²) in [6.45, 7) is 5.50. The minimum Gasteiger partial charge on any atom is -0.481 e. The summed E-state index contributed by atoms with van der Waals surface area (Å²) in [7, 11) is 0. The van der Waals surface area contributed by atoms with Gasteiger partial charge in [-0.1, -0.05) is 20.3 Å². The maximum absolute atomic E-state index is 12.2. The second kappa shape index (κ2) is 7.19. The molecule has 0 bridgehead atoms. The summed E-state index contributed by atoms with van der Waals surface area (Å²) in [5.74, 6) is -0.726. The summed E-state index contributed by atoms with van der Waals surface area (Å²) in [5.41, 5.74) is -0.734. The van der Waals surface area contributed by atoms with Gasteiger partial charge in [0.05, 0.1) is 5.41 Å². The molecule has 2 rings (SSSR count). The molecule has 0 aromatic heterocycles. The molecule has 2 atom stereocenters. The average molecular weight is 325 g/mol. The number of likely N-dealkylation sites (tertiary alicyclic amines) is 1. The Hall–Kier alpha value is -1.79. The van der Waals surface area contributed by atoms with Crippen LogP contribution >= 0.6 is 0 Å². The highest BCUT2D eigenvalue weighted by molar-refractivity contribution is 5.80. The lowest BCUT2D eigenvalue weighted by Crippen LogP contribution is -2.42. The van der Waals surface area contributed by atoms with E-state index < -0.39 is 11.4 Å². The summed E-state index contributed by atoms with van der Waals surface area (Å²) in [6.07, 6.45) is 3.14. The van der Waals surface area contributed by atoms with Gasteiger partial charge in [-0.2, -0.15) is 0 Å². The number of carboxylic acids is 1. The van der Waals surface area contributed by atoms with Gasteiger partial charge in [-0.15, -0.1) is 0 Å². The third kappa shape index (κ3) is 3.76. The van der Waals surface area contributed by atoms with Crippen LogP contribution in [-0.2, 0) is 9.59 Å². The highest BCUT2D eigenvalue weighted by Crippen LogP contribution is 2.48. The van der Waals surface area contributed by atoms with E-state index in [-0.39, 0.29) is 23.8 Å². The zero-order valence-corrected chi connectivity index (χ0v) is 13.9. The van der Waals surface area contributed by atoms with Crippen molar-refractivity contribution in [3.05, 3.63) is 0 Å². The predicted octanol–water partition coefficient (Wildman–Crippen LogP) is 1.05. The number of rotatable bonds is 6. The third-order valence-electron chi connectivity index (χ3n) is 5.04. The Labute approximate surface area is 136 Å². The van der Waals surface area contributed by atoms with Crippen molar-refractivity contribution in [3.8, 4) is 0 Å². The second-order valence-electron chi connectivity index (χ2n) is 6.96. The molecule has 1 aliphatic carbocycles. The Balaban J connectivity index is 1.71. The van der Waals surface area contributed by atoms with E-state index in [0.29, 0.717) is 39.0 Å². The van der Waals surface area contributed by atoms with Gasteiger partial charge < -0.3 is 20.6 Å². The average Bonchev–Trinajstić information content (AvgIpc) is 3.04. The molecule has 7 nitrogen and oxygen atoms in total.